The molecule has 18 heavy (non-hydrogen) atoms. The summed E-state index contributed by atoms with van der Waals surface area (Å²) < 4.78 is 12.7. The summed E-state index contributed by atoms with van der Waals surface area (Å²) in [6.45, 7) is 6.14. The molecule has 0 spiro atoms. The maximum Gasteiger partial charge on any atom is 0.123 e. The zero-order chi connectivity index (χ0) is 13.4. The number of hydrogen-bond donors (Lipinski definition) is 1. The fraction of sp³-hybridized carbons (Fsp3) is 0.357. The van der Waals surface area contributed by atoms with Gasteiger partial charge in [-0.05, 0) is 48.1 Å². The number of benzene rings is 1. The van der Waals surface area contributed by atoms with E-state index in [0.29, 0.717) is 0 Å². The first kappa shape index (κ1) is 14.8. The standard InChI is InChI=1S/C12H13FN2S.C2H6/c1-2-7-16-12-8-11(14-15-12)9-3-5-10(13)6-4-9;1-2/h3-6,8H,2,7H2,1H3,(H,14,15);1-2H3. The summed E-state index contributed by atoms with van der Waals surface area (Å²) in [6.07, 6.45) is 1.13. The van der Waals surface area contributed by atoms with Crippen LogP contribution in [-0.4, -0.2) is 16.0 Å². The summed E-state index contributed by atoms with van der Waals surface area (Å²) in [5, 5.41) is 8.14. The Bertz CT molecular complexity index is 451. The molecule has 0 bridgehead atoms. The quantitative estimate of drug-likeness (QED) is 0.809. The molecule has 0 aliphatic carbocycles. The average molecular weight is 266 g/mol. The van der Waals surface area contributed by atoms with Crippen LogP contribution in [0, 0.1) is 5.82 Å². The second-order valence-corrected chi connectivity index (χ2v) is 4.59. The molecule has 0 saturated heterocycles. The van der Waals surface area contributed by atoms with Crippen molar-refractivity contribution in [3.8, 4) is 11.3 Å². The lowest BCUT2D eigenvalue weighted by molar-refractivity contribution is 0.628. The monoisotopic (exact) mass is 266 g/mol. The highest BCUT2D eigenvalue weighted by atomic mass is 32.2. The molecule has 2 rings (SSSR count). The van der Waals surface area contributed by atoms with Crippen molar-refractivity contribution < 1.29 is 4.39 Å². The maximum absolute atomic E-state index is 12.7. The number of thioether (sulfide) groups is 1. The molecule has 0 fully saturated rings. The average Bonchev–Trinajstić information content (AvgIpc) is 2.88. The first-order valence-corrected chi connectivity index (χ1v) is 7.22. The van der Waals surface area contributed by atoms with E-state index in [9.17, 15) is 4.39 Å². The second kappa shape index (κ2) is 7.93. The van der Waals surface area contributed by atoms with Gasteiger partial charge in [0.2, 0.25) is 0 Å². The van der Waals surface area contributed by atoms with E-state index in [2.05, 4.69) is 17.1 Å². The third-order valence-corrected chi connectivity index (χ3v) is 3.28. The van der Waals surface area contributed by atoms with Crippen LogP contribution < -0.4 is 0 Å². The highest BCUT2D eigenvalue weighted by molar-refractivity contribution is 7.99. The fourth-order valence-corrected chi connectivity index (χ4v) is 2.09. The van der Waals surface area contributed by atoms with Crippen molar-refractivity contribution in [3.05, 3.63) is 36.1 Å². The van der Waals surface area contributed by atoms with Crippen LogP contribution in [0.4, 0.5) is 4.39 Å². The molecule has 0 aliphatic heterocycles. The van der Waals surface area contributed by atoms with Gasteiger partial charge < -0.3 is 0 Å². The molecule has 0 radical (unpaired) electrons. The minimum absolute atomic E-state index is 0.219. The summed E-state index contributed by atoms with van der Waals surface area (Å²) in [4.78, 5) is 0. The molecule has 0 atom stereocenters. The van der Waals surface area contributed by atoms with Crippen LogP contribution in [0.1, 0.15) is 27.2 Å². The van der Waals surface area contributed by atoms with Crippen LogP contribution in [0.5, 0.6) is 0 Å². The molecule has 0 amide bonds. The molecular formula is C14H19FN2S. The molecule has 1 N–H and O–H groups in total. The van der Waals surface area contributed by atoms with Gasteiger partial charge in [0.15, 0.2) is 0 Å². The number of hydrogen-bond acceptors (Lipinski definition) is 2. The Morgan fingerprint density at radius 1 is 1.22 bits per heavy atom. The van der Waals surface area contributed by atoms with Crippen LogP contribution in [0.2, 0.25) is 0 Å². The van der Waals surface area contributed by atoms with Gasteiger partial charge in [-0.15, -0.1) is 11.8 Å². The third kappa shape index (κ3) is 4.18. The Balaban J connectivity index is 0.000000771. The SMILES string of the molecule is CC.CCCSc1cc(-c2ccc(F)cc2)[nH]n1. The lowest BCUT2D eigenvalue weighted by Crippen LogP contribution is -1.78. The van der Waals surface area contributed by atoms with Gasteiger partial charge in [0, 0.05) is 0 Å². The molecule has 0 aliphatic rings. The minimum atomic E-state index is -0.219. The molecule has 0 saturated carbocycles. The normalized spacial score (nSPS) is 9.78. The van der Waals surface area contributed by atoms with E-state index in [0.717, 1.165) is 28.5 Å². The molecule has 1 aromatic heterocycles. The lowest BCUT2D eigenvalue weighted by atomic mass is 10.1. The number of rotatable bonds is 4. The topological polar surface area (TPSA) is 28.7 Å². The van der Waals surface area contributed by atoms with Crippen molar-refractivity contribution in [2.24, 2.45) is 0 Å². The Kier molecular flexibility index (Phi) is 6.50. The summed E-state index contributed by atoms with van der Waals surface area (Å²) in [7, 11) is 0. The Labute approximate surface area is 112 Å². The summed E-state index contributed by atoms with van der Waals surface area (Å²) in [5.74, 6) is 0.845. The van der Waals surface area contributed by atoms with Gasteiger partial charge in [0.25, 0.3) is 0 Å². The maximum atomic E-state index is 12.7. The van der Waals surface area contributed by atoms with Crippen molar-refractivity contribution in [1.29, 1.82) is 0 Å². The predicted octanol–water partition coefficient (Wildman–Crippen LogP) is 4.74. The highest BCUT2D eigenvalue weighted by Gasteiger charge is 2.03. The van der Waals surface area contributed by atoms with Crippen LogP contribution in [-0.2, 0) is 0 Å². The minimum Gasteiger partial charge on any atom is -0.277 e. The lowest BCUT2D eigenvalue weighted by Gasteiger charge is -1.95. The van der Waals surface area contributed by atoms with Crippen LogP contribution in [0.25, 0.3) is 11.3 Å². The van der Waals surface area contributed by atoms with Crippen molar-refractivity contribution in [3.63, 3.8) is 0 Å². The van der Waals surface area contributed by atoms with Gasteiger partial charge in [0.05, 0.1) is 5.69 Å². The number of H-pyrrole nitrogens is 1. The third-order valence-electron chi connectivity index (χ3n) is 2.16. The largest absolute Gasteiger partial charge is 0.277 e. The van der Waals surface area contributed by atoms with E-state index in [1.165, 1.54) is 12.1 Å². The highest BCUT2D eigenvalue weighted by Crippen LogP contribution is 2.23. The Morgan fingerprint density at radius 2 is 1.89 bits per heavy atom. The van der Waals surface area contributed by atoms with E-state index in [-0.39, 0.29) is 5.82 Å². The summed E-state index contributed by atoms with van der Waals surface area (Å²) >= 11 is 1.72. The number of nitrogens with zero attached hydrogens (tertiary/aromatic N) is 1. The van der Waals surface area contributed by atoms with Gasteiger partial charge in [0.1, 0.15) is 10.8 Å². The zero-order valence-corrected chi connectivity index (χ0v) is 11.9. The van der Waals surface area contributed by atoms with Crippen molar-refractivity contribution in [2.75, 3.05) is 5.75 Å². The van der Waals surface area contributed by atoms with E-state index >= 15 is 0 Å². The zero-order valence-electron chi connectivity index (χ0n) is 11.0. The summed E-state index contributed by atoms with van der Waals surface area (Å²) in [5.41, 5.74) is 1.89. The first-order chi connectivity index (χ1) is 8.79. The molecule has 98 valence electrons. The van der Waals surface area contributed by atoms with Crippen LogP contribution in [0.15, 0.2) is 35.4 Å². The molecule has 1 aromatic carbocycles. The molecule has 1 heterocycles. The van der Waals surface area contributed by atoms with E-state index < -0.39 is 0 Å². The number of nitrogens with one attached hydrogen (secondary N) is 1. The van der Waals surface area contributed by atoms with Gasteiger partial charge in [-0.1, -0.05) is 20.8 Å². The molecule has 2 aromatic rings. The summed E-state index contributed by atoms with van der Waals surface area (Å²) in [6, 6.07) is 8.39. The number of halogens is 1. The molecule has 2 nitrogen and oxygen atoms in total. The van der Waals surface area contributed by atoms with Gasteiger partial charge in [-0.25, -0.2) is 4.39 Å². The van der Waals surface area contributed by atoms with Crippen LogP contribution >= 0.6 is 11.8 Å². The first-order valence-electron chi connectivity index (χ1n) is 6.23. The predicted molar refractivity (Wildman–Crippen MR) is 76.3 cm³/mol. The van der Waals surface area contributed by atoms with Gasteiger partial charge >= 0.3 is 0 Å². The van der Waals surface area contributed by atoms with Gasteiger partial charge in [-0.3, -0.25) is 5.10 Å². The fourth-order valence-electron chi connectivity index (χ4n) is 1.36. The molecule has 4 heteroatoms. The van der Waals surface area contributed by atoms with Crippen molar-refractivity contribution >= 4 is 11.8 Å². The molecule has 0 unspecified atom stereocenters. The molecular weight excluding hydrogens is 247 g/mol. The number of aromatic amines is 1. The number of aromatic nitrogens is 2. The van der Waals surface area contributed by atoms with Gasteiger partial charge in [-0.2, -0.15) is 5.10 Å². The second-order valence-electron chi connectivity index (χ2n) is 3.48. The van der Waals surface area contributed by atoms with E-state index in [1.807, 2.05) is 19.9 Å². The van der Waals surface area contributed by atoms with Crippen molar-refractivity contribution in [2.45, 2.75) is 32.2 Å². The van der Waals surface area contributed by atoms with E-state index in [4.69, 9.17) is 0 Å². The van der Waals surface area contributed by atoms with E-state index in [1.54, 1.807) is 23.9 Å². The smallest absolute Gasteiger partial charge is 0.123 e. The van der Waals surface area contributed by atoms with Crippen molar-refractivity contribution in [1.82, 2.24) is 10.2 Å². The van der Waals surface area contributed by atoms with Crippen LogP contribution in [0.3, 0.4) is 0 Å². The Hall–Kier alpha value is -1.29. The Morgan fingerprint density at radius 3 is 2.50 bits per heavy atom.